The van der Waals surface area contributed by atoms with Crippen LogP contribution in [0.4, 0.5) is 0 Å². The maximum atomic E-state index is 13.0. The summed E-state index contributed by atoms with van der Waals surface area (Å²) in [6.07, 6.45) is 3.64. The van der Waals surface area contributed by atoms with E-state index in [0.29, 0.717) is 0 Å². The number of Topliss-reactive ketones (excluding diaryl/α,β-unsaturated/α-hetero) is 1. The molecule has 0 amide bonds. The number of allylic oxidation sites excluding steroid dienone is 2. The van der Waals surface area contributed by atoms with Gasteiger partial charge in [0.2, 0.25) is 0 Å². The van der Waals surface area contributed by atoms with Gasteiger partial charge >= 0.3 is 0 Å². The fraction of sp³-hybridized carbons (Fsp3) is 0.296. The van der Waals surface area contributed by atoms with Crippen LogP contribution in [0, 0.1) is 22.7 Å². The van der Waals surface area contributed by atoms with Gasteiger partial charge in [-0.05, 0) is 30.9 Å². The van der Waals surface area contributed by atoms with E-state index in [9.17, 15) is 10.1 Å². The molecular weight excluding hydrogens is 382 g/mol. The summed E-state index contributed by atoms with van der Waals surface area (Å²) < 4.78 is 2.04. The molecule has 0 radical (unpaired) electrons. The van der Waals surface area contributed by atoms with E-state index < -0.39 is 10.8 Å². The van der Waals surface area contributed by atoms with Gasteiger partial charge in [0.25, 0.3) is 0 Å². The molecule has 2 aliphatic carbocycles. The second kappa shape index (κ2) is 6.78. The van der Waals surface area contributed by atoms with Crippen LogP contribution in [0.3, 0.4) is 0 Å². The van der Waals surface area contributed by atoms with E-state index >= 15 is 0 Å². The SMILES string of the molecule is CC1(C)C(=O)C(C#N)=C[C@]2(C)c3nn(-c4ccccc4)c(-c4ccccc4)c3CC[C@@H]12. The van der Waals surface area contributed by atoms with Gasteiger partial charge < -0.3 is 0 Å². The fourth-order valence-corrected chi connectivity index (χ4v) is 5.76. The number of nitrogens with zero attached hydrogens (tertiary/aromatic N) is 3. The molecule has 5 rings (SSSR count). The van der Waals surface area contributed by atoms with Crippen LogP contribution in [0.1, 0.15) is 38.4 Å². The summed E-state index contributed by atoms with van der Waals surface area (Å²) in [6.45, 7) is 6.12. The average molecular weight is 408 g/mol. The third-order valence-corrected chi connectivity index (χ3v) is 7.21. The third kappa shape index (κ3) is 2.73. The highest BCUT2D eigenvalue weighted by molar-refractivity contribution is 6.04. The minimum absolute atomic E-state index is 0.0494. The number of carbonyl (C=O) groups excluding carboxylic acids is 1. The number of fused-ring (bicyclic) bond motifs is 3. The summed E-state index contributed by atoms with van der Waals surface area (Å²) in [7, 11) is 0. The van der Waals surface area contributed by atoms with Gasteiger partial charge in [0.15, 0.2) is 5.78 Å². The number of hydrogen-bond acceptors (Lipinski definition) is 3. The molecule has 2 atom stereocenters. The van der Waals surface area contributed by atoms with Crippen molar-refractivity contribution < 1.29 is 4.79 Å². The highest BCUT2D eigenvalue weighted by Crippen LogP contribution is 2.55. The van der Waals surface area contributed by atoms with Crippen molar-refractivity contribution >= 4 is 5.78 Å². The van der Waals surface area contributed by atoms with Crippen molar-refractivity contribution in [3.05, 3.63) is 83.6 Å². The van der Waals surface area contributed by atoms with Gasteiger partial charge in [-0.15, -0.1) is 0 Å². The predicted molar refractivity (Wildman–Crippen MR) is 121 cm³/mol. The molecular formula is C27H25N3O. The normalized spacial score (nSPS) is 24.0. The van der Waals surface area contributed by atoms with Crippen molar-refractivity contribution in [1.82, 2.24) is 9.78 Å². The second-order valence-corrected chi connectivity index (χ2v) is 9.38. The summed E-state index contributed by atoms with van der Waals surface area (Å²) >= 11 is 0. The predicted octanol–water partition coefficient (Wildman–Crippen LogP) is 5.42. The van der Waals surface area contributed by atoms with Gasteiger partial charge in [-0.25, -0.2) is 4.68 Å². The van der Waals surface area contributed by atoms with E-state index in [1.165, 1.54) is 5.56 Å². The zero-order valence-electron chi connectivity index (χ0n) is 18.1. The molecule has 1 aromatic heterocycles. The van der Waals surface area contributed by atoms with E-state index in [4.69, 9.17) is 5.10 Å². The maximum Gasteiger partial charge on any atom is 0.178 e. The van der Waals surface area contributed by atoms with E-state index in [2.05, 4.69) is 37.3 Å². The molecule has 0 saturated heterocycles. The summed E-state index contributed by atoms with van der Waals surface area (Å²) in [6, 6.07) is 22.7. The Hall–Kier alpha value is -3.45. The first-order valence-electron chi connectivity index (χ1n) is 10.8. The first-order chi connectivity index (χ1) is 14.9. The van der Waals surface area contributed by atoms with E-state index in [0.717, 1.165) is 35.5 Å². The Morgan fingerprint density at radius 3 is 2.32 bits per heavy atom. The lowest BCUT2D eigenvalue weighted by Crippen LogP contribution is -2.51. The molecule has 2 aromatic carbocycles. The fourth-order valence-electron chi connectivity index (χ4n) is 5.76. The smallest absolute Gasteiger partial charge is 0.178 e. The van der Waals surface area contributed by atoms with Crippen molar-refractivity contribution in [2.45, 2.75) is 39.0 Å². The molecule has 0 unspecified atom stereocenters. The molecule has 154 valence electrons. The number of para-hydroxylation sites is 1. The number of ketones is 1. The lowest BCUT2D eigenvalue weighted by Gasteiger charge is -2.49. The van der Waals surface area contributed by atoms with Gasteiger partial charge in [-0.3, -0.25) is 4.79 Å². The summed E-state index contributed by atoms with van der Waals surface area (Å²) in [5.41, 5.74) is 4.61. The first-order valence-corrected chi connectivity index (χ1v) is 10.8. The third-order valence-electron chi connectivity index (χ3n) is 7.21. The molecule has 0 N–H and O–H groups in total. The Kier molecular flexibility index (Phi) is 4.27. The second-order valence-electron chi connectivity index (χ2n) is 9.38. The Morgan fingerprint density at radius 2 is 1.68 bits per heavy atom. The highest BCUT2D eigenvalue weighted by Gasteiger charge is 2.55. The van der Waals surface area contributed by atoms with Crippen LogP contribution in [0.15, 0.2) is 72.3 Å². The number of nitriles is 1. The molecule has 31 heavy (non-hydrogen) atoms. The maximum absolute atomic E-state index is 13.0. The van der Waals surface area contributed by atoms with E-state index in [1.54, 1.807) is 0 Å². The van der Waals surface area contributed by atoms with E-state index in [1.807, 2.05) is 61.0 Å². The lowest BCUT2D eigenvalue weighted by atomic mass is 9.52. The van der Waals surface area contributed by atoms with Crippen molar-refractivity contribution in [3.8, 4) is 23.0 Å². The molecule has 3 aromatic rings. The molecule has 2 aliphatic rings. The summed E-state index contributed by atoms with van der Waals surface area (Å²) in [5, 5.41) is 14.9. The van der Waals surface area contributed by atoms with Crippen molar-refractivity contribution in [1.29, 1.82) is 5.26 Å². The van der Waals surface area contributed by atoms with Crippen LogP contribution in [-0.4, -0.2) is 15.6 Å². The van der Waals surface area contributed by atoms with Crippen LogP contribution in [-0.2, 0) is 16.6 Å². The van der Waals surface area contributed by atoms with Crippen LogP contribution >= 0.6 is 0 Å². The minimum atomic E-state index is -0.601. The monoisotopic (exact) mass is 407 g/mol. The summed E-state index contributed by atoms with van der Waals surface area (Å²) in [4.78, 5) is 13.0. The molecule has 4 nitrogen and oxygen atoms in total. The number of hydrogen-bond donors (Lipinski definition) is 0. The molecule has 1 heterocycles. The highest BCUT2D eigenvalue weighted by atomic mass is 16.1. The van der Waals surface area contributed by atoms with Crippen molar-refractivity contribution in [2.75, 3.05) is 0 Å². The van der Waals surface area contributed by atoms with Crippen molar-refractivity contribution in [2.24, 2.45) is 11.3 Å². The topological polar surface area (TPSA) is 58.7 Å². The zero-order valence-corrected chi connectivity index (χ0v) is 18.1. The van der Waals surface area contributed by atoms with E-state index in [-0.39, 0.29) is 17.3 Å². The number of rotatable bonds is 2. The zero-order chi connectivity index (χ0) is 21.8. The Balaban J connectivity index is 1.82. The van der Waals surface area contributed by atoms with Crippen LogP contribution in [0.25, 0.3) is 16.9 Å². The van der Waals surface area contributed by atoms with Crippen LogP contribution in [0.2, 0.25) is 0 Å². The molecule has 0 spiro atoms. The molecule has 0 fully saturated rings. The van der Waals surface area contributed by atoms with Crippen LogP contribution < -0.4 is 0 Å². The van der Waals surface area contributed by atoms with Gasteiger partial charge in [-0.1, -0.05) is 75.4 Å². The molecule has 0 aliphatic heterocycles. The van der Waals surface area contributed by atoms with Gasteiger partial charge in [-0.2, -0.15) is 10.4 Å². The largest absolute Gasteiger partial charge is 0.293 e. The van der Waals surface area contributed by atoms with Crippen molar-refractivity contribution in [3.63, 3.8) is 0 Å². The average Bonchev–Trinajstić information content (AvgIpc) is 3.18. The Morgan fingerprint density at radius 1 is 1.03 bits per heavy atom. The number of benzene rings is 2. The molecule has 0 bridgehead atoms. The lowest BCUT2D eigenvalue weighted by molar-refractivity contribution is -0.128. The number of carbonyl (C=O) groups is 1. The standard InChI is InChI=1S/C27H25N3O/c1-26(2)22-15-14-21-23(18-10-6-4-7-11-18)30(20-12-8-5-9-13-20)29-24(21)27(22,3)16-19(17-28)25(26)31/h4-13,16,22H,14-15H2,1-3H3/t22-,27-/m0/s1. The minimum Gasteiger partial charge on any atom is -0.293 e. The van der Waals surface area contributed by atoms with Gasteiger partial charge in [0, 0.05) is 22.0 Å². The first kappa shape index (κ1) is 19.5. The number of aromatic nitrogens is 2. The van der Waals surface area contributed by atoms with Crippen LogP contribution in [0.5, 0.6) is 0 Å². The molecule has 0 saturated carbocycles. The Bertz CT molecular complexity index is 1240. The summed E-state index contributed by atoms with van der Waals surface area (Å²) in [5.74, 6) is 0.0477. The van der Waals surface area contributed by atoms with Gasteiger partial charge in [0.05, 0.1) is 22.6 Å². The van der Waals surface area contributed by atoms with Gasteiger partial charge in [0.1, 0.15) is 6.07 Å². The quantitative estimate of drug-likeness (QED) is 0.570. The molecule has 4 heteroatoms. The Labute approximate surface area is 182 Å².